The highest BCUT2D eigenvalue weighted by molar-refractivity contribution is 6.30. The Morgan fingerprint density at radius 3 is 2.90 bits per heavy atom. The second-order valence-corrected chi connectivity index (χ2v) is 7.68. The number of nitrogens with one attached hydrogen (secondary N) is 1. The van der Waals surface area contributed by atoms with Gasteiger partial charge in [0.05, 0.1) is 11.7 Å². The lowest BCUT2D eigenvalue weighted by Crippen LogP contribution is -2.31. The highest BCUT2D eigenvalue weighted by Crippen LogP contribution is 2.33. The highest BCUT2D eigenvalue weighted by atomic mass is 35.5. The van der Waals surface area contributed by atoms with Crippen LogP contribution in [0.1, 0.15) is 46.6 Å². The van der Waals surface area contributed by atoms with Crippen molar-refractivity contribution in [2.75, 3.05) is 6.54 Å². The number of halogens is 1. The van der Waals surface area contributed by atoms with Crippen molar-refractivity contribution in [1.29, 1.82) is 0 Å². The molecule has 0 unspecified atom stereocenters. The average Bonchev–Trinajstić information content (AvgIpc) is 3.48. The Kier molecular flexibility index (Phi) is 4.56. The molecule has 0 spiro atoms. The summed E-state index contributed by atoms with van der Waals surface area (Å²) in [5.41, 5.74) is 2.40. The Labute approximate surface area is 172 Å². The molecule has 7 heteroatoms. The molecule has 1 saturated heterocycles. The topological polar surface area (TPSA) is 75.0 Å². The fourth-order valence-electron chi connectivity index (χ4n) is 3.89. The number of nitrogens with zero attached hydrogens (tertiary/aromatic N) is 3. The summed E-state index contributed by atoms with van der Waals surface area (Å²) in [4.78, 5) is 19.5. The Balaban J connectivity index is 1.37. The van der Waals surface area contributed by atoms with E-state index >= 15 is 0 Å². The van der Waals surface area contributed by atoms with Crippen LogP contribution in [0.3, 0.4) is 0 Å². The summed E-state index contributed by atoms with van der Waals surface area (Å²) in [5, 5.41) is 8.73. The predicted octanol–water partition coefficient (Wildman–Crippen LogP) is 4.77. The number of hydrogen-bond donors (Lipinski definition) is 1. The van der Waals surface area contributed by atoms with E-state index in [9.17, 15) is 4.79 Å². The number of aromatic nitrogens is 3. The zero-order chi connectivity index (χ0) is 19.8. The quantitative estimate of drug-likeness (QED) is 0.529. The molecular weight excluding hydrogens is 388 g/mol. The summed E-state index contributed by atoms with van der Waals surface area (Å²) >= 11 is 5.95. The molecule has 4 aromatic rings. The van der Waals surface area contributed by atoms with Gasteiger partial charge in [-0.15, -0.1) is 0 Å². The molecule has 5 rings (SSSR count). The van der Waals surface area contributed by atoms with Crippen LogP contribution < -0.4 is 0 Å². The van der Waals surface area contributed by atoms with Gasteiger partial charge in [-0.2, -0.15) is 5.10 Å². The van der Waals surface area contributed by atoms with Crippen molar-refractivity contribution in [3.8, 4) is 0 Å². The molecule has 146 valence electrons. The van der Waals surface area contributed by atoms with E-state index in [1.165, 1.54) is 0 Å². The van der Waals surface area contributed by atoms with Crippen LogP contribution in [0.4, 0.5) is 0 Å². The Morgan fingerprint density at radius 2 is 2.03 bits per heavy atom. The van der Waals surface area contributed by atoms with Crippen LogP contribution in [0, 0.1) is 0 Å². The first kappa shape index (κ1) is 17.9. The number of likely N-dealkylation sites (tertiary alicyclic amines) is 1. The molecule has 29 heavy (non-hydrogen) atoms. The van der Waals surface area contributed by atoms with Gasteiger partial charge in [0.1, 0.15) is 11.8 Å². The molecule has 0 bridgehead atoms. The van der Waals surface area contributed by atoms with E-state index in [0.717, 1.165) is 35.1 Å². The maximum absolute atomic E-state index is 13.2. The van der Waals surface area contributed by atoms with E-state index in [2.05, 4.69) is 15.2 Å². The van der Waals surface area contributed by atoms with Crippen LogP contribution in [0.15, 0.2) is 59.1 Å². The highest BCUT2D eigenvalue weighted by Gasteiger charge is 2.35. The molecule has 0 saturated carbocycles. The van der Waals surface area contributed by atoms with Gasteiger partial charge in [-0.25, -0.2) is 4.98 Å². The first-order valence-electron chi connectivity index (χ1n) is 9.62. The van der Waals surface area contributed by atoms with Crippen molar-refractivity contribution in [3.63, 3.8) is 0 Å². The van der Waals surface area contributed by atoms with Crippen molar-refractivity contribution in [3.05, 3.63) is 82.7 Å². The molecule has 1 aliphatic rings. The number of benzene rings is 2. The second kappa shape index (κ2) is 7.37. The number of carbonyl (C=O) groups is 1. The number of rotatable bonds is 4. The first-order valence-corrected chi connectivity index (χ1v) is 10.00. The fraction of sp³-hybridized carbons (Fsp3) is 0.227. The maximum Gasteiger partial charge on any atom is 0.275 e. The lowest BCUT2D eigenvalue weighted by Gasteiger charge is -2.21. The Hall–Kier alpha value is -3.12. The first-order chi connectivity index (χ1) is 14.2. The van der Waals surface area contributed by atoms with Gasteiger partial charge >= 0.3 is 0 Å². The van der Waals surface area contributed by atoms with Crippen molar-refractivity contribution >= 4 is 28.4 Å². The van der Waals surface area contributed by atoms with Gasteiger partial charge in [0, 0.05) is 23.4 Å². The van der Waals surface area contributed by atoms with E-state index in [4.69, 9.17) is 16.0 Å². The van der Waals surface area contributed by atoms with E-state index < -0.39 is 0 Å². The monoisotopic (exact) mass is 406 g/mol. The van der Waals surface area contributed by atoms with Gasteiger partial charge in [-0.1, -0.05) is 41.9 Å². The van der Waals surface area contributed by atoms with Crippen LogP contribution in [0.25, 0.3) is 10.9 Å². The third kappa shape index (κ3) is 3.40. The van der Waals surface area contributed by atoms with Crippen LogP contribution in [-0.2, 0) is 6.42 Å². The molecule has 0 radical (unpaired) electrons. The van der Waals surface area contributed by atoms with E-state index in [1.54, 1.807) is 6.20 Å². The smallest absolute Gasteiger partial charge is 0.275 e. The number of oxazole rings is 1. The molecule has 3 heterocycles. The van der Waals surface area contributed by atoms with Crippen molar-refractivity contribution in [2.45, 2.75) is 25.3 Å². The molecular formula is C22H19ClN4O2. The number of fused-ring (bicyclic) bond motifs is 1. The molecule has 1 amide bonds. The lowest BCUT2D eigenvalue weighted by molar-refractivity contribution is 0.0710. The SMILES string of the molecule is O=C(c1n[nH]c2ccccc12)N1CCC[C@H]1c1ncc(Cc2ccc(Cl)cc2)o1. The zero-order valence-electron chi connectivity index (χ0n) is 15.6. The normalized spacial score (nSPS) is 16.6. The van der Waals surface area contributed by atoms with Gasteiger partial charge in [-0.05, 0) is 36.6 Å². The van der Waals surface area contributed by atoms with Gasteiger partial charge in [0.25, 0.3) is 5.91 Å². The largest absolute Gasteiger partial charge is 0.443 e. The number of carbonyl (C=O) groups excluding carboxylic acids is 1. The summed E-state index contributed by atoms with van der Waals surface area (Å²) in [5.74, 6) is 1.26. The Bertz CT molecular complexity index is 1170. The summed E-state index contributed by atoms with van der Waals surface area (Å²) < 4.78 is 6.02. The average molecular weight is 407 g/mol. The number of aromatic amines is 1. The van der Waals surface area contributed by atoms with Crippen LogP contribution in [-0.4, -0.2) is 32.5 Å². The fourth-order valence-corrected chi connectivity index (χ4v) is 4.02. The summed E-state index contributed by atoms with van der Waals surface area (Å²) in [6, 6.07) is 15.1. The van der Waals surface area contributed by atoms with Gasteiger partial charge in [0.15, 0.2) is 5.69 Å². The molecule has 1 fully saturated rings. The molecule has 1 N–H and O–H groups in total. The zero-order valence-corrected chi connectivity index (χ0v) is 16.4. The third-order valence-corrected chi connectivity index (χ3v) is 5.59. The van der Waals surface area contributed by atoms with Crippen molar-refractivity contribution in [1.82, 2.24) is 20.1 Å². The second-order valence-electron chi connectivity index (χ2n) is 7.24. The number of H-pyrrole nitrogens is 1. The minimum atomic E-state index is -0.170. The van der Waals surface area contributed by atoms with Gasteiger partial charge in [0.2, 0.25) is 5.89 Å². The standard InChI is InChI=1S/C22H19ClN4O2/c23-15-9-7-14(8-10-15)12-16-13-24-21(29-16)19-6-3-11-27(19)22(28)20-17-4-1-2-5-18(17)25-26-20/h1-2,4-5,7-10,13,19H,3,6,11-12H2,(H,25,26)/t19-/m0/s1. The van der Waals surface area contributed by atoms with Crippen molar-refractivity contribution < 1.29 is 9.21 Å². The minimum Gasteiger partial charge on any atom is -0.443 e. The Morgan fingerprint density at radius 1 is 1.21 bits per heavy atom. The van der Waals surface area contributed by atoms with Crippen LogP contribution in [0.5, 0.6) is 0 Å². The summed E-state index contributed by atoms with van der Waals surface area (Å²) in [7, 11) is 0. The van der Waals surface area contributed by atoms with E-state index in [-0.39, 0.29) is 11.9 Å². The number of hydrogen-bond acceptors (Lipinski definition) is 4. The number of amides is 1. The molecule has 2 aromatic carbocycles. The van der Waals surface area contributed by atoms with Crippen LogP contribution >= 0.6 is 11.6 Å². The van der Waals surface area contributed by atoms with E-state index in [1.807, 2.05) is 53.4 Å². The molecule has 0 aliphatic carbocycles. The lowest BCUT2D eigenvalue weighted by atomic mass is 10.1. The summed E-state index contributed by atoms with van der Waals surface area (Å²) in [6.45, 7) is 0.666. The van der Waals surface area contributed by atoms with Crippen LogP contribution in [0.2, 0.25) is 5.02 Å². The number of para-hydroxylation sites is 1. The molecule has 6 nitrogen and oxygen atoms in total. The molecule has 1 aliphatic heterocycles. The molecule has 2 aromatic heterocycles. The third-order valence-electron chi connectivity index (χ3n) is 5.33. The minimum absolute atomic E-state index is 0.0950. The van der Waals surface area contributed by atoms with Gasteiger partial charge < -0.3 is 9.32 Å². The summed E-state index contributed by atoms with van der Waals surface area (Å²) in [6.07, 6.45) is 4.12. The van der Waals surface area contributed by atoms with Gasteiger partial charge in [-0.3, -0.25) is 9.89 Å². The van der Waals surface area contributed by atoms with Crippen molar-refractivity contribution in [2.24, 2.45) is 0 Å². The molecule has 1 atom stereocenters. The maximum atomic E-state index is 13.2. The van der Waals surface area contributed by atoms with E-state index in [0.29, 0.717) is 29.6 Å². The predicted molar refractivity (Wildman–Crippen MR) is 110 cm³/mol.